The molecule has 2 rings (SSSR count). The van der Waals surface area contributed by atoms with E-state index in [0.29, 0.717) is 16.0 Å². The lowest BCUT2D eigenvalue weighted by Gasteiger charge is -2.19. The number of benzene rings is 1. The zero-order chi connectivity index (χ0) is 14.8. The second-order valence-electron chi connectivity index (χ2n) is 5.44. The molecule has 0 bridgehead atoms. The molecule has 0 spiro atoms. The third-order valence-corrected chi connectivity index (χ3v) is 6.26. The fourth-order valence-corrected chi connectivity index (χ4v) is 5.02. The monoisotopic (exact) mass is 363 g/mol. The Morgan fingerprint density at radius 2 is 2.25 bits per heavy atom. The van der Waals surface area contributed by atoms with Crippen molar-refractivity contribution in [3.05, 3.63) is 34.1 Å². The molecule has 0 radical (unpaired) electrons. The van der Waals surface area contributed by atoms with Crippen molar-refractivity contribution in [3.63, 3.8) is 0 Å². The zero-order valence-electron chi connectivity index (χ0n) is 11.4. The van der Waals surface area contributed by atoms with Crippen molar-refractivity contribution in [2.24, 2.45) is 5.92 Å². The molecule has 1 heterocycles. The predicted octanol–water partition coefficient (Wildman–Crippen LogP) is 2.54. The summed E-state index contributed by atoms with van der Waals surface area (Å²) in [5.74, 6) is 0.590. The van der Waals surface area contributed by atoms with Gasteiger partial charge in [0.2, 0.25) is 0 Å². The van der Waals surface area contributed by atoms with Crippen LogP contribution in [0.5, 0.6) is 0 Å². The number of halogens is 2. The van der Waals surface area contributed by atoms with Crippen LogP contribution in [0.2, 0.25) is 0 Å². The number of hydrogen-bond donors (Lipinski definition) is 1. The summed E-state index contributed by atoms with van der Waals surface area (Å²) < 4.78 is 36.6. The van der Waals surface area contributed by atoms with E-state index in [0.717, 1.165) is 24.8 Å². The zero-order valence-corrected chi connectivity index (χ0v) is 13.8. The smallest absolute Gasteiger partial charge is 0.150 e. The number of rotatable bonds is 5. The van der Waals surface area contributed by atoms with Gasteiger partial charge in [0, 0.05) is 6.04 Å². The fourth-order valence-electron chi connectivity index (χ4n) is 2.71. The summed E-state index contributed by atoms with van der Waals surface area (Å²) in [7, 11) is -0.938. The van der Waals surface area contributed by atoms with E-state index in [-0.39, 0.29) is 17.8 Å². The van der Waals surface area contributed by atoms with Crippen LogP contribution >= 0.6 is 15.9 Å². The Kier molecular flexibility index (Phi) is 5.20. The van der Waals surface area contributed by atoms with E-state index < -0.39 is 9.84 Å². The minimum Gasteiger partial charge on any atom is -0.317 e. The summed E-state index contributed by atoms with van der Waals surface area (Å²) in [5, 5.41) is 3.23. The quantitative estimate of drug-likeness (QED) is 0.874. The van der Waals surface area contributed by atoms with E-state index in [4.69, 9.17) is 0 Å². The molecule has 6 heteroatoms. The maximum absolute atomic E-state index is 13.2. The van der Waals surface area contributed by atoms with Gasteiger partial charge in [-0.05, 0) is 65.9 Å². The second-order valence-corrected chi connectivity index (χ2v) is 8.53. The van der Waals surface area contributed by atoms with Crippen LogP contribution in [0.3, 0.4) is 0 Å². The average Bonchev–Trinajstić information content (AvgIpc) is 2.72. The first-order valence-corrected chi connectivity index (χ1v) is 9.32. The van der Waals surface area contributed by atoms with Crippen LogP contribution in [0.1, 0.15) is 18.4 Å². The maximum Gasteiger partial charge on any atom is 0.150 e. The Balaban J connectivity index is 1.97. The van der Waals surface area contributed by atoms with Crippen molar-refractivity contribution >= 4 is 25.8 Å². The molecule has 1 aromatic carbocycles. The van der Waals surface area contributed by atoms with Crippen molar-refractivity contribution in [2.75, 3.05) is 18.6 Å². The number of sulfone groups is 1. The SMILES string of the molecule is CNC(Cc1ccc(F)c(Br)c1)CC1CCS(=O)(=O)C1. The first-order chi connectivity index (χ1) is 9.39. The van der Waals surface area contributed by atoms with Gasteiger partial charge in [-0.1, -0.05) is 6.07 Å². The van der Waals surface area contributed by atoms with E-state index in [1.165, 1.54) is 6.07 Å². The van der Waals surface area contributed by atoms with Gasteiger partial charge in [0.15, 0.2) is 9.84 Å². The number of nitrogens with one attached hydrogen (secondary N) is 1. The van der Waals surface area contributed by atoms with E-state index >= 15 is 0 Å². The molecule has 0 aliphatic carbocycles. The van der Waals surface area contributed by atoms with Crippen LogP contribution in [0, 0.1) is 11.7 Å². The van der Waals surface area contributed by atoms with Crippen LogP contribution < -0.4 is 5.32 Å². The van der Waals surface area contributed by atoms with Crippen LogP contribution in [-0.2, 0) is 16.3 Å². The molecule has 1 aromatic rings. The first kappa shape index (κ1) is 15.9. The van der Waals surface area contributed by atoms with Crippen molar-refractivity contribution < 1.29 is 12.8 Å². The Morgan fingerprint density at radius 1 is 1.50 bits per heavy atom. The van der Waals surface area contributed by atoms with E-state index in [1.54, 1.807) is 12.1 Å². The molecule has 1 saturated heterocycles. The second kappa shape index (κ2) is 6.54. The molecule has 112 valence electrons. The molecule has 1 aliphatic rings. The number of likely N-dealkylation sites (N-methyl/N-ethyl adjacent to an activating group) is 1. The minimum atomic E-state index is -2.82. The van der Waals surface area contributed by atoms with Gasteiger partial charge in [-0.25, -0.2) is 12.8 Å². The molecular weight excluding hydrogens is 345 g/mol. The van der Waals surface area contributed by atoms with Gasteiger partial charge in [0.1, 0.15) is 5.82 Å². The lowest BCUT2D eigenvalue weighted by atomic mass is 9.95. The minimum absolute atomic E-state index is 0.214. The molecule has 1 aliphatic heterocycles. The Morgan fingerprint density at radius 3 is 2.80 bits per heavy atom. The van der Waals surface area contributed by atoms with E-state index in [2.05, 4.69) is 21.2 Å². The normalized spacial score (nSPS) is 22.9. The molecule has 1 fully saturated rings. The van der Waals surface area contributed by atoms with Gasteiger partial charge in [-0.15, -0.1) is 0 Å². The van der Waals surface area contributed by atoms with Crippen molar-refractivity contribution in [2.45, 2.75) is 25.3 Å². The van der Waals surface area contributed by atoms with E-state index in [9.17, 15) is 12.8 Å². The molecular formula is C14H19BrFNO2S. The highest BCUT2D eigenvalue weighted by Crippen LogP contribution is 2.25. The highest BCUT2D eigenvalue weighted by atomic mass is 79.9. The highest BCUT2D eigenvalue weighted by Gasteiger charge is 2.29. The van der Waals surface area contributed by atoms with Crippen molar-refractivity contribution in [1.29, 1.82) is 0 Å². The van der Waals surface area contributed by atoms with Gasteiger partial charge in [0.05, 0.1) is 16.0 Å². The van der Waals surface area contributed by atoms with Crippen LogP contribution in [0.25, 0.3) is 0 Å². The fraction of sp³-hybridized carbons (Fsp3) is 0.571. The maximum atomic E-state index is 13.2. The first-order valence-electron chi connectivity index (χ1n) is 6.71. The van der Waals surface area contributed by atoms with Gasteiger partial charge >= 0.3 is 0 Å². The molecule has 0 saturated carbocycles. The standard InChI is InChI=1S/C14H19BrFNO2S/c1-17-12(7-11-4-5-20(18,19)9-11)6-10-2-3-14(16)13(15)8-10/h2-3,8,11-12,17H,4-7,9H2,1H3. The summed E-state index contributed by atoms with van der Waals surface area (Å²) >= 11 is 3.19. The molecule has 0 amide bonds. The van der Waals surface area contributed by atoms with Crippen LogP contribution in [-0.4, -0.2) is 33.0 Å². The Hall–Kier alpha value is -0.460. The lowest BCUT2D eigenvalue weighted by molar-refractivity contribution is 0.424. The van der Waals surface area contributed by atoms with Gasteiger partial charge in [-0.2, -0.15) is 0 Å². The summed E-state index contributed by atoms with van der Waals surface area (Å²) in [6, 6.07) is 5.22. The Labute approximate surface area is 128 Å². The van der Waals surface area contributed by atoms with Gasteiger partial charge in [-0.3, -0.25) is 0 Å². The topological polar surface area (TPSA) is 46.2 Å². The average molecular weight is 364 g/mol. The molecule has 2 atom stereocenters. The third kappa shape index (κ3) is 4.27. The van der Waals surface area contributed by atoms with Gasteiger partial charge < -0.3 is 5.32 Å². The molecule has 2 unspecified atom stereocenters. The summed E-state index contributed by atoms with van der Waals surface area (Å²) in [5.41, 5.74) is 1.04. The molecule has 3 nitrogen and oxygen atoms in total. The molecule has 0 aromatic heterocycles. The van der Waals surface area contributed by atoms with Gasteiger partial charge in [0.25, 0.3) is 0 Å². The van der Waals surface area contributed by atoms with Crippen molar-refractivity contribution in [1.82, 2.24) is 5.32 Å². The summed E-state index contributed by atoms with van der Waals surface area (Å²) in [4.78, 5) is 0. The summed E-state index contributed by atoms with van der Waals surface area (Å²) in [6.07, 6.45) is 2.37. The van der Waals surface area contributed by atoms with Crippen molar-refractivity contribution in [3.8, 4) is 0 Å². The highest BCUT2D eigenvalue weighted by molar-refractivity contribution is 9.10. The largest absolute Gasteiger partial charge is 0.317 e. The third-order valence-electron chi connectivity index (χ3n) is 3.82. The Bertz CT molecular complexity index is 577. The van der Waals surface area contributed by atoms with E-state index in [1.807, 2.05) is 7.05 Å². The van der Waals surface area contributed by atoms with Crippen LogP contribution in [0.15, 0.2) is 22.7 Å². The summed E-state index contributed by atoms with van der Waals surface area (Å²) in [6.45, 7) is 0. The number of hydrogen-bond acceptors (Lipinski definition) is 3. The molecule has 20 heavy (non-hydrogen) atoms. The predicted molar refractivity (Wildman–Crippen MR) is 82.0 cm³/mol. The lowest BCUT2D eigenvalue weighted by Crippen LogP contribution is -2.30. The molecule has 1 N–H and O–H groups in total. The van der Waals surface area contributed by atoms with Crippen LogP contribution in [0.4, 0.5) is 4.39 Å².